The van der Waals surface area contributed by atoms with Crippen LogP contribution in [-0.4, -0.2) is 31.3 Å². The van der Waals surface area contributed by atoms with E-state index in [1.807, 2.05) is 6.07 Å². The molecule has 1 heterocycles. The minimum atomic E-state index is 0.205. The third kappa shape index (κ3) is 3.55. The van der Waals surface area contributed by atoms with Gasteiger partial charge in [0.2, 0.25) is 0 Å². The summed E-state index contributed by atoms with van der Waals surface area (Å²) in [7, 11) is 0. The molecule has 1 aromatic rings. The van der Waals surface area contributed by atoms with Gasteiger partial charge in [-0.2, -0.15) is 5.26 Å². The fourth-order valence-electron chi connectivity index (χ4n) is 2.98. The summed E-state index contributed by atoms with van der Waals surface area (Å²) in [6, 6.07) is 9.30. The lowest BCUT2D eigenvalue weighted by Gasteiger charge is -2.37. The average Bonchev–Trinajstić information content (AvgIpc) is 3.28. The Labute approximate surface area is 126 Å². The molecule has 0 radical (unpaired) electrons. The molecule has 1 aliphatic carbocycles. The van der Waals surface area contributed by atoms with Gasteiger partial charge in [-0.3, -0.25) is 0 Å². The normalized spacial score (nSPS) is 25.7. The Balaban J connectivity index is 1.76. The minimum absolute atomic E-state index is 0.205. The highest BCUT2D eigenvalue weighted by Gasteiger charge is 2.24. The highest BCUT2D eigenvalue weighted by atomic mass is 16.5. The zero-order chi connectivity index (χ0) is 14.8. The second kappa shape index (κ2) is 6.05. The Hall–Kier alpha value is -1.57. The highest BCUT2D eigenvalue weighted by Crippen LogP contribution is 2.26. The molecule has 112 valence electrons. The monoisotopic (exact) mass is 285 g/mol. The molecular formula is C17H23N3O. The molecule has 1 aromatic carbocycles. The molecule has 1 saturated heterocycles. The van der Waals surface area contributed by atoms with Crippen LogP contribution in [0.15, 0.2) is 18.2 Å². The number of benzene rings is 1. The quantitative estimate of drug-likeness (QED) is 0.923. The number of hydrogen-bond acceptors (Lipinski definition) is 4. The Bertz CT molecular complexity index is 537. The molecule has 21 heavy (non-hydrogen) atoms. The van der Waals surface area contributed by atoms with Crippen LogP contribution in [0.1, 0.15) is 37.8 Å². The lowest BCUT2D eigenvalue weighted by molar-refractivity contribution is -0.00522. The number of hydrogen-bond donors (Lipinski definition) is 1. The molecule has 1 saturated carbocycles. The summed E-state index contributed by atoms with van der Waals surface area (Å²) in [5.74, 6) is 0. The molecule has 0 aromatic heterocycles. The molecular weight excluding hydrogens is 262 g/mol. The van der Waals surface area contributed by atoms with E-state index < -0.39 is 0 Å². The van der Waals surface area contributed by atoms with E-state index in [9.17, 15) is 5.26 Å². The van der Waals surface area contributed by atoms with E-state index in [1.54, 1.807) is 0 Å². The van der Waals surface area contributed by atoms with Gasteiger partial charge < -0.3 is 15.0 Å². The van der Waals surface area contributed by atoms with Crippen LogP contribution in [-0.2, 0) is 11.3 Å². The first-order valence-corrected chi connectivity index (χ1v) is 7.82. The molecule has 3 rings (SSSR count). The zero-order valence-electron chi connectivity index (χ0n) is 12.8. The van der Waals surface area contributed by atoms with Crippen molar-refractivity contribution >= 4 is 5.69 Å². The van der Waals surface area contributed by atoms with Crippen molar-refractivity contribution in [3.8, 4) is 6.07 Å². The van der Waals surface area contributed by atoms with E-state index >= 15 is 0 Å². The Morgan fingerprint density at radius 3 is 2.62 bits per heavy atom. The van der Waals surface area contributed by atoms with Crippen molar-refractivity contribution in [3.05, 3.63) is 29.3 Å². The van der Waals surface area contributed by atoms with Crippen molar-refractivity contribution in [2.75, 3.05) is 18.0 Å². The van der Waals surface area contributed by atoms with Crippen LogP contribution in [0.5, 0.6) is 0 Å². The van der Waals surface area contributed by atoms with Crippen LogP contribution in [0.25, 0.3) is 0 Å². The van der Waals surface area contributed by atoms with Gasteiger partial charge >= 0.3 is 0 Å². The van der Waals surface area contributed by atoms with E-state index in [0.717, 1.165) is 30.9 Å². The minimum Gasteiger partial charge on any atom is -0.372 e. The van der Waals surface area contributed by atoms with Gasteiger partial charge in [0.05, 0.1) is 23.5 Å². The third-order valence-corrected chi connectivity index (χ3v) is 4.11. The first-order chi connectivity index (χ1) is 10.2. The van der Waals surface area contributed by atoms with Gasteiger partial charge in [0, 0.05) is 25.7 Å². The number of anilines is 1. The molecule has 2 unspecified atom stereocenters. The smallest absolute Gasteiger partial charge is 0.101 e. The molecule has 1 N–H and O–H groups in total. The van der Waals surface area contributed by atoms with Crippen molar-refractivity contribution in [3.63, 3.8) is 0 Å². The number of ether oxygens (including phenoxy) is 1. The number of nitriles is 1. The van der Waals surface area contributed by atoms with Crippen LogP contribution in [0.2, 0.25) is 0 Å². The standard InChI is InChI=1S/C17H23N3O/c1-12-10-20(11-13(2)21-12)17-6-3-14(7-15(17)8-18)9-19-16-4-5-16/h3,6-7,12-13,16,19H,4-5,9-11H2,1-2H3. The summed E-state index contributed by atoms with van der Waals surface area (Å²) in [5.41, 5.74) is 3.00. The third-order valence-electron chi connectivity index (χ3n) is 4.11. The molecule has 4 heteroatoms. The molecule has 0 spiro atoms. The van der Waals surface area contributed by atoms with E-state index in [1.165, 1.54) is 18.4 Å². The van der Waals surface area contributed by atoms with Crippen molar-refractivity contribution in [2.24, 2.45) is 0 Å². The SMILES string of the molecule is CC1CN(c2ccc(CNC3CC3)cc2C#N)CC(C)O1. The fourth-order valence-corrected chi connectivity index (χ4v) is 2.98. The van der Waals surface area contributed by atoms with Gasteiger partial charge in [-0.05, 0) is 44.4 Å². The number of morpholine rings is 1. The summed E-state index contributed by atoms with van der Waals surface area (Å²) in [6.07, 6.45) is 2.98. The summed E-state index contributed by atoms with van der Waals surface area (Å²) in [6.45, 7) is 6.72. The summed E-state index contributed by atoms with van der Waals surface area (Å²) < 4.78 is 5.77. The summed E-state index contributed by atoms with van der Waals surface area (Å²) >= 11 is 0. The van der Waals surface area contributed by atoms with E-state index in [4.69, 9.17) is 4.74 Å². The van der Waals surface area contributed by atoms with Gasteiger partial charge in [-0.1, -0.05) is 6.07 Å². The number of nitrogens with one attached hydrogen (secondary N) is 1. The number of nitrogens with zero attached hydrogens (tertiary/aromatic N) is 2. The van der Waals surface area contributed by atoms with Crippen LogP contribution >= 0.6 is 0 Å². The first-order valence-electron chi connectivity index (χ1n) is 7.82. The van der Waals surface area contributed by atoms with Crippen LogP contribution in [0.4, 0.5) is 5.69 Å². The predicted octanol–water partition coefficient (Wildman–Crippen LogP) is 2.42. The van der Waals surface area contributed by atoms with Gasteiger partial charge in [-0.25, -0.2) is 0 Å². The lowest BCUT2D eigenvalue weighted by atomic mass is 10.1. The average molecular weight is 285 g/mol. The van der Waals surface area contributed by atoms with E-state index in [-0.39, 0.29) is 12.2 Å². The molecule has 1 aliphatic heterocycles. The zero-order valence-corrected chi connectivity index (χ0v) is 12.8. The molecule has 2 atom stereocenters. The maximum atomic E-state index is 9.47. The maximum absolute atomic E-state index is 9.47. The fraction of sp³-hybridized carbons (Fsp3) is 0.588. The van der Waals surface area contributed by atoms with Gasteiger partial charge in [-0.15, -0.1) is 0 Å². The highest BCUT2D eigenvalue weighted by molar-refractivity contribution is 5.61. The van der Waals surface area contributed by atoms with Crippen molar-refractivity contribution < 1.29 is 4.74 Å². The van der Waals surface area contributed by atoms with Crippen molar-refractivity contribution in [1.29, 1.82) is 5.26 Å². The van der Waals surface area contributed by atoms with Gasteiger partial charge in [0.1, 0.15) is 6.07 Å². The van der Waals surface area contributed by atoms with E-state index in [2.05, 4.69) is 42.3 Å². The predicted molar refractivity (Wildman–Crippen MR) is 83.2 cm³/mol. The molecule has 0 bridgehead atoms. The molecule has 4 nitrogen and oxygen atoms in total. The second-order valence-corrected chi connectivity index (χ2v) is 6.28. The van der Waals surface area contributed by atoms with Gasteiger partial charge in [0.25, 0.3) is 0 Å². The molecule has 2 fully saturated rings. The Morgan fingerprint density at radius 2 is 2.00 bits per heavy atom. The first kappa shape index (κ1) is 14.4. The number of rotatable bonds is 4. The molecule has 0 amide bonds. The van der Waals surface area contributed by atoms with Crippen molar-refractivity contribution in [1.82, 2.24) is 5.32 Å². The Morgan fingerprint density at radius 1 is 1.29 bits per heavy atom. The van der Waals surface area contributed by atoms with Gasteiger partial charge in [0.15, 0.2) is 0 Å². The lowest BCUT2D eigenvalue weighted by Crippen LogP contribution is -2.45. The topological polar surface area (TPSA) is 48.3 Å². The summed E-state index contributed by atoms with van der Waals surface area (Å²) in [5, 5.41) is 13.0. The van der Waals surface area contributed by atoms with Crippen LogP contribution < -0.4 is 10.2 Å². The Kier molecular flexibility index (Phi) is 4.14. The van der Waals surface area contributed by atoms with Crippen molar-refractivity contribution in [2.45, 2.75) is 51.5 Å². The molecule has 2 aliphatic rings. The summed E-state index contributed by atoms with van der Waals surface area (Å²) in [4.78, 5) is 2.27. The largest absolute Gasteiger partial charge is 0.372 e. The van der Waals surface area contributed by atoms with Crippen LogP contribution in [0, 0.1) is 11.3 Å². The maximum Gasteiger partial charge on any atom is 0.101 e. The second-order valence-electron chi connectivity index (χ2n) is 6.28. The van der Waals surface area contributed by atoms with Crippen LogP contribution in [0.3, 0.4) is 0 Å². The van der Waals surface area contributed by atoms with E-state index in [0.29, 0.717) is 6.04 Å².